The molecule has 0 saturated carbocycles. The number of halogens is 6. The minimum Gasteiger partial charge on any atom is -0.457 e. The number of nitrogens with zero attached hydrogens (tertiary/aromatic N) is 2. The molecule has 3 aromatic carbocycles. The first-order chi connectivity index (χ1) is 16.5. The first-order valence-corrected chi connectivity index (χ1v) is 10.1. The second kappa shape index (κ2) is 7.97. The van der Waals surface area contributed by atoms with E-state index < -0.39 is 35.1 Å². The Morgan fingerprint density at radius 3 is 2.11 bits per heavy atom. The third-order valence-electron chi connectivity index (χ3n) is 5.50. The van der Waals surface area contributed by atoms with Gasteiger partial charge in [-0.2, -0.15) is 26.3 Å². The van der Waals surface area contributed by atoms with Crippen LogP contribution < -0.4 is 5.32 Å². The zero-order valence-corrected chi connectivity index (χ0v) is 17.5. The summed E-state index contributed by atoms with van der Waals surface area (Å²) in [7, 11) is 0. The first kappa shape index (κ1) is 22.6. The predicted octanol–water partition coefficient (Wildman–Crippen LogP) is 6.75. The first-order valence-electron chi connectivity index (χ1n) is 10.1. The van der Waals surface area contributed by atoms with Crippen molar-refractivity contribution in [3.8, 4) is 11.3 Å². The maximum Gasteiger partial charge on any atom is 0.416 e. The fraction of sp³-hybridized carbons (Fsp3) is 0.125. The number of fused-ring (bicyclic) bond motifs is 2. The number of ether oxygens (including phenoxy) is 1. The lowest BCUT2D eigenvalue weighted by molar-refractivity contribution is -0.143. The molecule has 1 N–H and O–H groups in total. The molecule has 4 aromatic rings. The van der Waals surface area contributed by atoms with E-state index in [1.165, 1.54) is 0 Å². The van der Waals surface area contributed by atoms with E-state index in [2.05, 4.69) is 15.5 Å². The van der Waals surface area contributed by atoms with Crippen LogP contribution in [0.5, 0.6) is 0 Å². The van der Waals surface area contributed by atoms with Gasteiger partial charge in [0.2, 0.25) is 0 Å². The monoisotopic (exact) mass is 489 g/mol. The van der Waals surface area contributed by atoms with Crippen molar-refractivity contribution in [2.75, 3.05) is 5.32 Å². The molecule has 0 atom stereocenters. The molecule has 1 aliphatic heterocycles. The van der Waals surface area contributed by atoms with Crippen molar-refractivity contribution in [2.45, 2.75) is 19.0 Å². The fourth-order valence-electron chi connectivity index (χ4n) is 3.85. The number of nitrogens with one attached hydrogen (secondary N) is 1. The maximum absolute atomic E-state index is 13.2. The second-order valence-electron chi connectivity index (χ2n) is 7.81. The lowest BCUT2D eigenvalue weighted by atomic mass is 10.0. The van der Waals surface area contributed by atoms with E-state index in [0.717, 1.165) is 0 Å². The highest BCUT2D eigenvalue weighted by Gasteiger charge is 2.37. The van der Waals surface area contributed by atoms with E-state index >= 15 is 0 Å². The van der Waals surface area contributed by atoms with Crippen molar-refractivity contribution in [2.24, 2.45) is 0 Å². The van der Waals surface area contributed by atoms with Crippen molar-refractivity contribution in [3.63, 3.8) is 0 Å². The molecule has 0 amide bonds. The summed E-state index contributed by atoms with van der Waals surface area (Å²) in [6.07, 6.45) is -9.96. The molecule has 0 aliphatic carbocycles. The molecule has 11 heteroatoms. The molecule has 0 spiro atoms. The smallest absolute Gasteiger partial charge is 0.416 e. The van der Waals surface area contributed by atoms with Gasteiger partial charge in [0.1, 0.15) is 12.3 Å². The number of hydrogen-bond donors (Lipinski definition) is 1. The van der Waals surface area contributed by atoms with Crippen LogP contribution in [0.4, 0.5) is 37.8 Å². The topological polar surface area (TPSA) is 64.1 Å². The molecular formula is C24H13F6N3O2. The summed E-state index contributed by atoms with van der Waals surface area (Å²) in [5.74, 6) is -0.446. The summed E-state index contributed by atoms with van der Waals surface area (Å²) in [5, 5.41) is 11.8. The molecule has 0 unspecified atom stereocenters. The Balaban J connectivity index is 1.59. The Hall–Kier alpha value is -4.15. The van der Waals surface area contributed by atoms with E-state index in [9.17, 15) is 31.1 Å². The number of anilines is 2. The van der Waals surface area contributed by atoms with Gasteiger partial charge in [0.25, 0.3) is 0 Å². The summed E-state index contributed by atoms with van der Waals surface area (Å²) in [6, 6.07) is 12.9. The van der Waals surface area contributed by atoms with Crippen LogP contribution in [0.25, 0.3) is 22.0 Å². The highest BCUT2D eigenvalue weighted by molar-refractivity contribution is 6.01. The third kappa shape index (κ3) is 4.25. The van der Waals surface area contributed by atoms with Crippen molar-refractivity contribution in [1.82, 2.24) is 10.2 Å². The van der Waals surface area contributed by atoms with Crippen LogP contribution in [0.2, 0.25) is 0 Å². The number of hydrogen-bond acceptors (Lipinski definition) is 5. The Morgan fingerprint density at radius 2 is 1.46 bits per heavy atom. The van der Waals surface area contributed by atoms with Crippen LogP contribution in [0.3, 0.4) is 0 Å². The van der Waals surface area contributed by atoms with Gasteiger partial charge >= 0.3 is 18.3 Å². The van der Waals surface area contributed by atoms with Crippen LogP contribution in [0.15, 0.2) is 60.7 Å². The molecule has 0 saturated heterocycles. The fourth-order valence-corrected chi connectivity index (χ4v) is 3.85. The molecule has 0 bridgehead atoms. The Bertz CT molecular complexity index is 1450. The number of aromatic nitrogens is 2. The van der Waals surface area contributed by atoms with E-state index in [1.807, 2.05) is 0 Å². The number of carbonyl (C=O) groups excluding carboxylic acids is 1. The van der Waals surface area contributed by atoms with E-state index in [4.69, 9.17) is 4.74 Å². The highest BCUT2D eigenvalue weighted by atomic mass is 19.4. The normalized spacial score (nSPS) is 13.6. The van der Waals surface area contributed by atoms with Gasteiger partial charge in [-0.05, 0) is 30.3 Å². The molecule has 0 fully saturated rings. The molecule has 1 aliphatic rings. The van der Waals surface area contributed by atoms with E-state index in [-0.39, 0.29) is 18.5 Å². The second-order valence-corrected chi connectivity index (χ2v) is 7.81. The van der Waals surface area contributed by atoms with Gasteiger partial charge in [0.15, 0.2) is 5.82 Å². The van der Waals surface area contributed by atoms with Crippen LogP contribution in [0.1, 0.15) is 27.0 Å². The predicted molar refractivity (Wildman–Crippen MR) is 114 cm³/mol. The van der Waals surface area contributed by atoms with Crippen molar-refractivity contribution in [3.05, 3.63) is 82.9 Å². The zero-order chi connectivity index (χ0) is 25.0. The quantitative estimate of drug-likeness (QED) is 0.255. The third-order valence-corrected chi connectivity index (χ3v) is 5.50. The van der Waals surface area contributed by atoms with Crippen molar-refractivity contribution >= 4 is 28.2 Å². The molecule has 5 nitrogen and oxygen atoms in total. The molecule has 2 heterocycles. The minimum atomic E-state index is -4.98. The summed E-state index contributed by atoms with van der Waals surface area (Å²) in [6.45, 7) is 0.115. The molecule has 35 heavy (non-hydrogen) atoms. The Kier molecular flexibility index (Phi) is 5.15. The summed E-state index contributed by atoms with van der Waals surface area (Å²) in [4.78, 5) is 11.7. The van der Waals surface area contributed by atoms with Gasteiger partial charge in [0.05, 0.1) is 16.7 Å². The standard InChI is InChI=1S/C24H13F6N3O2/c25-23(26,27)14-8-15(24(28,29)30)10-16(9-14)31-21-19-4-2-1-3-18(19)20(32-33-21)12-5-6-17-13(7-12)11-35-22(17)34/h1-10H,11H2,(H,31,33). The molecule has 178 valence electrons. The van der Waals surface area contributed by atoms with Gasteiger partial charge in [-0.1, -0.05) is 30.3 Å². The average Bonchev–Trinajstić information content (AvgIpc) is 3.18. The van der Waals surface area contributed by atoms with Crippen molar-refractivity contribution < 1.29 is 35.9 Å². The van der Waals surface area contributed by atoms with Gasteiger partial charge in [-0.25, -0.2) is 4.79 Å². The van der Waals surface area contributed by atoms with Gasteiger partial charge in [-0.15, -0.1) is 10.2 Å². The summed E-state index contributed by atoms with van der Waals surface area (Å²) >= 11 is 0. The maximum atomic E-state index is 13.2. The van der Waals surface area contributed by atoms with Gasteiger partial charge in [-0.3, -0.25) is 0 Å². The minimum absolute atomic E-state index is 0.0172. The van der Waals surface area contributed by atoms with Crippen LogP contribution in [-0.4, -0.2) is 16.2 Å². The summed E-state index contributed by atoms with van der Waals surface area (Å²) in [5.41, 5.74) is -1.17. The molecule has 5 rings (SSSR count). The number of carbonyl (C=O) groups is 1. The SMILES string of the molecule is O=C1OCc2cc(-c3nnc(Nc4cc(C(F)(F)F)cc(C(F)(F)F)c4)c4ccccc34)ccc21. The van der Waals surface area contributed by atoms with E-state index in [0.29, 0.717) is 45.3 Å². The Morgan fingerprint density at radius 1 is 0.800 bits per heavy atom. The van der Waals surface area contributed by atoms with Gasteiger partial charge < -0.3 is 10.1 Å². The Labute approximate surface area is 193 Å². The number of benzene rings is 3. The molecule has 1 aromatic heterocycles. The highest BCUT2D eigenvalue weighted by Crippen LogP contribution is 2.39. The molecule has 0 radical (unpaired) electrons. The number of cyclic esters (lactones) is 1. The average molecular weight is 489 g/mol. The summed E-state index contributed by atoms with van der Waals surface area (Å²) < 4.78 is 84.4. The van der Waals surface area contributed by atoms with Crippen LogP contribution >= 0.6 is 0 Å². The van der Waals surface area contributed by atoms with Crippen LogP contribution in [-0.2, 0) is 23.7 Å². The number of alkyl halides is 6. The molecular weight excluding hydrogens is 476 g/mol. The van der Waals surface area contributed by atoms with E-state index in [1.54, 1.807) is 42.5 Å². The lowest BCUT2D eigenvalue weighted by Crippen LogP contribution is -2.12. The van der Waals surface area contributed by atoms with Crippen LogP contribution in [0, 0.1) is 0 Å². The lowest BCUT2D eigenvalue weighted by Gasteiger charge is -2.16. The largest absolute Gasteiger partial charge is 0.457 e. The number of esters is 1. The zero-order valence-electron chi connectivity index (χ0n) is 17.5. The number of rotatable bonds is 3. The van der Waals surface area contributed by atoms with Crippen molar-refractivity contribution in [1.29, 1.82) is 0 Å². The van der Waals surface area contributed by atoms with Gasteiger partial charge in [0, 0.05) is 27.6 Å².